The Labute approximate surface area is 54.8 Å². The van der Waals surface area contributed by atoms with Crippen molar-refractivity contribution in [2.45, 2.75) is 26.4 Å². The van der Waals surface area contributed by atoms with Gasteiger partial charge in [0, 0.05) is 6.42 Å². The zero-order valence-corrected chi connectivity index (χ0v) is 5.79. The summed E-state index contributed by atoms with van der Waals surface area (Å²) in [7, 11) is 0. The SMILES string of the molecule is CC(C)C1CCOOO1. The van der Waals surface area contributed by atoms with E-state index in [9.17, 15) is 0 Å². The fourth-order valence-corrected chi connectivity index (χ4v) is 0.769. The monoisotopic (exact) mass is 132 g/mol. The molecule has 1 aliphatic rings. The Kier molecular flexibility index (Phi) is 2.45. The summed E-state index contributed by atoms with van der Waals surface area (Å²) in [6.07, 6.45) is 1.14. The summed E-state index contributed by atoms with van der Waals surface area (Å²) in [4.78, 5) is 9.34. The molecule has 1 fully saturated rings. The first-order chi connectivity index (χ1) is 4.30. The maximum Gasteiger partial charge on any atom is 0.101 e. The van der Waals surface area contributed by atoms with Crippen LogP contribution in [-0.4, -0.2) is 12.7 Å². The largest absolute Gasteiger partial charge is 0.206 e. The Morgan fingerprint density at radius 3 is 2.56 bits per heavy atom. The van der Waals surface area contributed by atoms with E-state index in [2.05, 4.69) is 23.8 Å². The summed E-state index contributed by atoms with van der Waals surface area (Å²) in [5.74, 6) is 0.508. The molecule has 0 radical (unpaired) electrons. The molecule has 0 aromatic heterocycles. The average molecular weight is 132 g/mol. The third kappa shape index (κ3) is 1.93. The van der Waals surface area contributed by atoms with Gasteiger partial charge in [0.25, 0.3) is 0 Å². The molecule has 3 heteroatoms. The van der Waals surface area contributed by atoms with E-state index < -0.39 is 0 Å². The van der Waals surface area contributed by atoms with Crippen molar-refractivity contribution in [2.75, 3.05) is 6.61 Å². The molecular weight excluding hydrogens is 120 g/mol. The first kappa shape index (κ1) is 6.99. The standard InChI is InChI=1S/C6H12O3/c1-5(2)6-3-4-7-9-8-6/h5-6H,3-4H2,1-2H3. The summed E-state index contributed by atoms with van der Waals surface area (Å²) in [6, 6.07) is 0. The molecule has 1 aliphatic heterocycles. The van der Waals surface area contributed by atoms with Crippen molar-refractivity contribution in [2.24, 2.45) is 5.92 Å². The molecule has 0 N–H and O–H groups in total. The topological polar surface area (TPSA) is 27.7 Å². The molecule has 1 atom stereocenters. The third-order valence-electron chi connectivity index (χ3n) is 1.44. The molecule has 0 saturated carbocycles. The van der Waals surface area contributed by atoms with Gasteiger partial charge in [-0.3, -0.25) is 0 Å². The van der Waals surface area contributed by atoms with Crippen molar-refractivity contribution in [1.82, 2.24) is 0 Å². The highest BCUT2D eigenvalue weighted by molar-refractivity contribution is 4.60. The van der Waals surface area contributed by atoms with Crippen LogP contribution >= 0.6 is 0 Å². The Balaban J connectivity index is 2.23. The van der Waals surface area contributed by atoms with Crippen LogP contribution in [0.5, 0.6) is 0 Å². The molecule has 0 aromatic rings. The fourth-order valence-electron chi connectivity index (χ4n) is 0.769. The first-order valence-corrected chi connectivity index (χ1v) is 3.25. The molecule has 0 spiro atoms. The number of hydrogen-bond donors (Lipinski definition) is 0. The predicted molar refractivity (Wildman–Crippen MR) is 31.4 cm³/mol. The Morgan fingerprint density at radius 2 is 2.22 bits per heavy atom. The first-order valence-electron chi connectivity index (χ1n) is 3.25. The van der Waals surface area contributed by atoms with Gasteiger partial charge in [0.05, 0.1) is 6.61 Å². The van der Waals surface area contributed by atoms with E-state index in [0.717, 1.165) is 6.42 Å². The smallest absolute Gasteiger partial charge is 0.101 e. The second-order valence-corrected chi connectivity index (χ2v) is 2.56. The molecule has 1 unspecified atom stereocenters. The lowest BCUT2D eigenvalue weighted by Gasteiger charge is -2.22. The molecule has 3 nitrogen and oxygen atoms in total. The second kappa shape index (κ2) is 3.15. The summed E-state index contributed by atoms with van der Waals surface area (Å²) < 4.78 is 0. The molecule has 0 aliphatic carbocycles. The van der Waals surface area contributed by atoms with Gasteiger partial charge in [0.1, 0.15) is 6.10 Å². The molecule has 0 amide bonds. The van der Waals surface area contributed by atoms with Crippen molar-refractivity contribution >= 4 is 0 Å². The normalized spacial score (nSPS) is 29.0. The van der Waals surface area contributed by atoms with Crippen molar-refractivity contribution in [3.05, 3.63) is 0 Å². The quantitative estimate of drug-likeness (QED) is 0.503. The van der Waals surface area contributed by atoms with Crippen molar-refractivity contribution < 1.29 is 14.8 Å². The lowest BCUT2D eigenvalue weighted by Crippen LogP contribution is -2.26. The lowest BCUT2D eigenvalue weighted by molar-refractivity contribution is -0.552. The Hall–Kier alpha value is -0.120. The van der Waals surface area contributed by atoms with Gasteiger partial charge >= 0.3 is 0 Å². The van der Waals surface area contributed by atoms with Crippen molar-refractivity contribution in [3.63, 3.8) is 0 Å². The van der Waals surface area contributed by atoms with Gasteiger partial charge in [-0.05, 0) is 5.92 Å². The molecule has 0 aromatic carbocycles. The Bertz CT molecular complexity index is 76.4. The summed E-state index contributed by atoms with van der Waals surface area (Å²) in [5.41, 5.74) is 0. The van der Waals surface area contributed by atoms with Gasteiger partial charge < -0.3 is 0 Å². The Morgan fingerprint density at radius 1 is 1.44 bits per heavy atom. The van der Waals surface area contributed by atoms with E-state index in [1.165, 1.54) is 0 Å². The van der Waals surface area contributed by atoms with Crippen LogP contribution in [0, 0.1) is 5.92 Å². The van der Waals surface area contributed by atoms with Crippen molar-refractivity contribution in [1.29, 1.82) is 0 Å². The predicted octanol–water partition coefficient (Wildman–Crippen LogP) is 1.29. The molecule has 1 saturated heterocycles. The van der Waals surface area contributed by atoms with Gasteiger partial charge in [-0.15, -0.1) is 0 Å². The van der Waals surface area contributed by atoms with Crippen LogP contribution in [0.1, 0.15) is 20.3 Å². The van der Waals surface area contributed by atoms with E-state index in [4.69, 9.17) is 4.89 Å². The molecule has 54 valence electrons. The minimum Gasteiger partial charge on any atom is -0.206 e. The minimum absolute atomic E-state index is 0.207. The molecule has 1 rings (SSSR count). The van der Waals surface area contributed by atoms with Crippen LogP contribution in [0.25, 0.3) is 0 Å². The molecule has 1 heterocycles. The highest BCUT2D eigenvalue weighted by Crippen LogP contribution is 2.14. The highest BCUT2D eigenvalue weighted by atomic mass is 17.5. The summed E-state index contributed by atoms with van der Waals surface area (Å²) in [6.45, 7) is 4.83. The highest BCUT2D eigenvalue weighted by Gasteiger charge is 2.19. The summed E-state index contributed by atoms with van der Waals surface area (Å²) in [5, 5.41) is 4.34. The zero-order chi connectivity index (χ0) is 6.69. The van der Waals surface area contributed by atoms with Gasteiger partial charge in [0.15, 0.2) is 0 Å². The van der Waals surface area contributed by atoms with Gasteiger partial charge in [-0.2, -0.15) is 0 Å². The molecule has 0 bridgehead atoms. The van der Waals surface area contributed by atoms with E-state index in [0.29, 0.717) is 12.5 Å². The molecular formula is C6H12O3. The van der Waals surface area contributed by atoms with E-state index >= 15 is 0 Å². The van der Waals surface area contributed by atoms with Crippen LogP contribution in [-0.2, 0) is 14.8 Å². The third-order valence-corrected chi connectivity index (χ3v) is 1.44. The lowest BCUT2D eigenvalue weighted by atomic mass is 10.1. The molecule has 9 heavy (non-hydrogen) atoms. The van der Waals surface area contributed by atoms with E-state index in [-0.39, 0.29) is 6.10 Å². The van der Waals surface area contributed by atoms with Crippen LogP contribution in [0.15, 0.2) is 0 Å². The van der Waals surface area contributed by atoms with Crippen LogP contribution in [0.2, 0.25) is 0 Å². The van der Waals surface area contributed by atoms with Gasteiger partial charge in [-0.25, -0.2) is 9.78 Å². The van der Waals surface area contributed by atoms with Crippen molar-refractivity contribution in [3.8, 4) is 0 Å². The van der Waals surface area contributed by atoms with Gasteiger partial charge in [0.2, 0.25) is 0 Å². The van der Waals surface area contributed by atoms with Gasteiger partial charge in [-0.1, -0.05) is 18.9 Å². The zero-order valence-electron chi connectivity index (χ0n) is 5.79. The number of hydrogen-bond acceptors (Lipinski definition) is 3. The van der Waals surface area contributed by atoms with Crippen LogP contribution in [0.3, 0.4) is 0 Å². The maximum atomic E-state index is 4.82. The second-order valence-electron chi connectivity index (χ2n) is 2.56. The summed E-state index contributed by atoms with van der Waals surface area (Å²) >= 11 is 0. The van der Waals surface area contributed by atoms with E-state index in [1.807, 2.05) is 0 Å². The van der Waals surface area contributed by atoms with E-state index in [1.54, 1.807) is 0 Å². The fraction of sp³-hybridized carbons (Fsp3) is 1.00. The van der Waals surface area contributed by atoms with Crippen LogP contribution < -0.4 is 0 Å². The maximum absolute atomic E-state index is 4.82. The average Bonchev–Trinajstić information content (AvgIpc) is 1.90. The number of rotatable bonds is 1. The minimum atomic E-state index is 0.207. The van der Waals surface area contributed by atoms with Crippen LogP contribution in [0.4, 0.5) is 0 Å².